The van der Waals surface area contributed by atoms with Gasteiger partial charge in [0.05, 0.1) is 23.3 Å². The number of carbonyl (C=O) groups is 2. The van der Waals surface area contributed by atoms with E-state index in [9.17, 15) is 9.59 Å². The Morgan fingerprint density at radius 1 is 0.941 bits per heavy atom. The quantitative estimate of drug-likeness (QED) is 0.471. The Morgan fingerprint density at radius 2 is 1.65 bits per heavy atom. The van der Waals surface area contributed by atoms with E-state index in [2.05, 4.69) is 35.5 Å². The lowest BCUT2D eigenvalue weighted by Crippen LogP contribution is -2.71. The molecule has 1 unspecified atom stereocenters. The zero-order chi connectivity index (χ0) is 23.4. The van der Waals surface area contributed by atoms with Gasteiger partial charge in [-0.1, -0.05) is 42.0 Å². The number of nitrogens with one attached hydrogen (secondary N) is 2. The third-order valence-electron chi connectivity index (χ3n) is 6.30. The number of benzene rings is 3. The van der Waals surface area contributed by atoms with Crippen LogP contribution in [0, 0.1) is 0 Å². The molecule has 0 saturated carbocycles. The van der Waals surface area contributed by atoms with Crippen LogP contribution in [0.5, 0.6) is 5.75 Å². The average Bonchev–Trinajstić information content (AvgIpc) is 2.86. The van der Waals surface area contributed by atoms with Crippen LogP contribution in [0.1, 0.15) is 38.8 Å². The summed E-state index contributed by atoms with van der Waals surface area (Å²) < 4.78 is 5.26. The predicted octanol–water partition coefficient (Wildman–Crippen LogP) is 4.36. The summed E-state index contributed by atoms with van der Waals surface area (Å²) in [5.41, 5.74) is 6.04. The number of ketones is 2. The standard InChI is InChI=1S/C28H20N2O3S/c1-15-7-12-20-22(13-15)34-23-14-21(29-16-8-10-17(33-2)11-9-16)24-25(26(23)30-20)28(32)19-6-4-3-5-18(19)27(24)31/h3-14,22,29H,1-2H3/p+1. The number of fused-ring (bicyclic) bond motifs is 5. The molecule has 0 radical (unpaired) electrons. The number of hydrogen-bond donors (Lipinski definition) is 2. The molecule has 3 aromatic carbocycles. The molecule has 6 heteroatoms. The fraction of sp³-hybridized carbons (Fsp3) is 0.107. The molecule has 1 aliphatic heterocycles. The molecule has 0 aromatic heterocycles. The average molecular weight is 466 g/mol. The highest BCUT2D eigenvalue weighted by atomic mass is 32.2. The van der Waals surface area contributed by atoms with Crippen LogP contribution in [0.3, 0.4) is 0 Å². The van der Waals surface area contributed by atoms with Crippen molar-refractivity contribution in [1.29, 1.82) is 0 Å². The molecule has 34 heavy (non-hydrogen) atoms. The van der Waals surface area contributed by atoms with Crippen LogP contribution in [0.4, 0.5) is 17.1 Å². The summed E-state index contributed by atoms with van der Waals surface area (Å²) in [6.07, 6.45) is 6.31. The van der Waals surface area contributed by atoms with Crippen molar-refractivity contribution in [3.05, 3.63) is 101 Å². The zero-order valence-corrected chi connectivity index (χ0v) is 19.5. The van der Waals surface area contributed by atoms with E-state index >= 15 is 0 Å². The minimum atomic E-state index is -0.155. The van der Waals surface area contributed by atoms with Crippen LogP contribution in [-0.4, -0.2) is 29.6 Å². The number of thioether (sulfide) groups is 1. The van der Waals surface area contributed by atoms with Crippen molar-refractivity contribution in [3.8, 4) is 5.75 Å². The van der Waals surface area contributed by atoms with Crippen LogP contribution >= 0.6 is 11.8 Å². The summed E-state index contributed by atoms with van der Waals surface area (Å²) in [5.74, 6) is 0.449. The molecule has 0 fully saturated rings. The Morgan fingerprint density at radius 3 is 2.35 bits per heavy atom. The van der Waals surface area contributed by atoms with E-state index in [1.165, 1.54) is 5.57 Å². The molecule has 5 nitrogen and oxygen atoms in total. The molecule has 6 rings (SSSR count). The predicted molar refractivity (Wildman–Crippen MR) is 134 cm³/mol. The number of rotatable bonds is 3. The lowest BCUT2D eigenvalue weighted by atomic mass is 9.82. The fourth-order valence-corrected chi connectivity index (χ4v) is 5.88. The first kappa shape index (κ1) is 20.7. The van der Waals surface area contributed by atoms with Gasteiger partial charge in [-0.15, -0.1) is 11.8 Å². The summed E-state index contributed by atoms with van der Waals surface area (Å²) in [6.45, 7) is 2.08. The monoisotopic (exact) mass is 465 g/mol. The van der Waals surface area contributed by atoms with Gasteiger partial charge in [-0.2, -0.15) is 0 Å². The molecular formula is C28H21N2O3S+. The van der Waals surface area contributed by atoms with Crippen molar-refractivity contribution < 1.29 is 19.3 Å². The van der Waals surface area contributed by atoms with E-state index in [-0.39, 0.29) is 16.8 Å². The van der Waals surface area contributed by atoms with E-state index in [0.717, 1.165) is 22.0 Å². The molecule has 166 valence electrons. The molecule has 3 aromatic rings. The van der Waals surface area contributed by atoms with Gasteiger partial charge in [0.2, 0.25) is 11.5 Å². The number of allylic oxidation sites excluding steroid dienone is 3. The van der Waals surface area contributed by atoms with Gasteiger partial charge in [0.25, 0.3) is 0 Å². The topological polar surface area (TPSA) is 69.4 Å². The second-order valence-electron chi connectivity index (χ2n) is 8.47. The van der Waals surface area contributed by atoms with Crippen molar-refractivity contribution in [3.63, 3.8) is 0 Å². The third kappa shape index (κ3) is 3.22. The second-order valence-corrected chi connectivity index (χ2v) is 9.65. The first-order chi connectivity index (χ1) is 16.5. The normalized spacial score (nSPS) is 17.6. The van der Waals surface area contributed by atoms with Crippen LogP contribution in [0.15, 0.2) is 83.3 Å². The Kier molecular flexibility index (Phi) is 4.78. The summed E-state index contributed by atoms with van der Waals surface area (Å²) in [6, 6.07) is 16.5. The summed E-state index contributed by atoms with van der Waals surface area (Å²) in [7, 11) is 1.62. The smallest absolute Gasteiger partial charge is 0.229 e. The van der Waals surface area contributed by atoms with E-state index in [1.807, 2.05) is 30.3 Å². The lowest BCUT2D eigenvalue weighted by Gasteiger charge is -2.25. The molecule has 3 aliphatic rings. The van der Waals surface area contributed by atoms with Crippen molar-refractivity contribution in [2.75, 3.05) is 12.4 Å². The van der Waals surface area contributed by atoms with Gasteiger partial charge in [-0.25, -0.2) is 4.99 Å². The van der Waals surface area contributed by atoms with Gasteiger partial charge in [0.1, 0.15) is 16.6 Å². The molecule has 0 amide bonds. The molecule has 2 aliphatic carbocycles. The third-order valence-corrected chi connectivity index (χ3v) is 7.52. The van der Waals surface area contributed by atoms with Gasteiger partial charge < -0.3 is 10.1 Å². The Bertz CT molecular complexity index is 1480. The summed E-state index contributed by atoms with van der Waals surface area (Å²) >= 11 is 1.68. The van der Waals surface area contributed by atoms with Gasteiger partial charge >= 0.3 is 0 Å². The van der Waals surface area contributed by atoms with Crippen molar-refractivity contribution in [2.45, 2.75) is 17.1 Å². The largest absolute Gasteiger partial charge is 0.497 e. The number of ether oxygens (including phenoxy) is 1. The molecule has 1 atom stereocenters. The minimum absolute atomic E-state index is 0.131. The van der Waals surface area contributed by atoms with E-state index in [4.69, 9.17) is 4.74 Å². The highest BCUT2D eigenvalue weighted by Gasteiger charge is 2.40. The van der Waals surface area contributed by atoms with Gasteiger partial charge in [0, 0.05) is 22.9 Å². The SMILES string of the molecule is COc1ccc(Nc2cc3c(c4c2C(=O)c2ccccc2C4=O)[NH+]=C2C=CC(C)=CC2S3)cc1. The first-order valence-electron chi connectivity index (χ1n) is 11.0. The molecule has 0 bridgehead atoms. The van der Waals surface area contributed by atoms with E-state index < -0.39 is 0 Å². The Hall–Kier alpha value is -3.90. The molecule has 0 saturated heterocycles. The van der Waals surface area contributed by atoms with Crippen molar-refractivity contribution in [2.24, 2.45) is 0 Å². The van der Waals surface area contributed by atoms with Crippen LogP contribution < -0.4 is 15.0 Å². The minimum Gasteiger partial charge on any atom is -0.497 e. The van der Waals surface area contributed by atoms with Crippen molar-refractivity contribution in [1.82, 2.24) is 0 Å². The number of hydrogen-bond acceptors (Lipinski definition) is 5. The maximum absolute atomic E-state index is 13.7. The number of carbonyl (C=O) groups excluding carboxylic acids is 2. The van der Waals surface area contributed by atoms with Crippen LogP contribution in [-0.2, 0) is 0 Å². The Labute approximate surface area is 201 Å². The molecule has 1 heterocycles. The lowest BCUT2D eigenvalue weighted by molar-refractivity contribution is -0.358. The Balaban J connectivity index is 1.57. The number of anilines is 2. The summed E-state index contributed by atoms with van der Waals surface area (Å²) in [5, 5.41) is 3.52. The highest BCUT2D eigenvalue weighted by molar-refractivity contribution is 8.01. The second kappa shape index (κ2) is 7.85. The van der Waals surface area contributed by atoms with Crippen LogP contribution in [0.25, 0.3) is 0 Å². The van der Waals surface area contributed by atoms with E-state index in [1.54, 1.807) is 43.1 Å². The maximum atomic E-state index is 13.7. The van der Waals surface area contributed by atoms with Gasteiger partial charge in [-0.3, -0.25) is 9.59 Å². The van der Waals surface area contributed by atoms with E-state index in [0.29, 0.717) is 33.6 Å². The maximum Gasteiger partial charge on any atom is 0.229 e. The molecule has 2 N–H and O–H groups in total. The zero-order valence-electron chi connectivity index (χ0n) is 18.6. The van der Waals surface area contributed by atoms with Crippen LogP contribution in [0.2, 0.25) is 0 Å². The first-order valence-corrected chi connectivity index (χ1v) is 11.9. The molecule has 0 spiro atoms. The summed E-state index contributed by atoms with van der Waals surface area (Å²) in [4.78, 5) is 31.9. The van der Waals surface area contributed by atoms with Crippen molar-refractivity contribution >= 4 is 46.1 Å². The highest BCUT2D eigenvalue weighted by Crippen LogP contribution is 2.44. The number of methoxy groups -OCH3 is 1. The fourth-order valence-electron chi connectivity index (χ4n) is 4.61. The van der Waals surface area contributed by atoms with Gasteiger partial charge in [-0.05, 0) is 37.3 Å². The van der Waals surface area contributed by atoms with Gasteiger partial charge in [0.15, 0.2) is 11.5 Å². The molecular weight excluding hydrogens is 444 g/mol.